The number of nitrogens with one attached hydrogen (secondary N) is 1. The molecule has 2 aromatic carbocycles. The van der Waals surface area contributed by atoms with Crippen molar-refractivity contribution in [3.8, 4) is 28.4 Å². The number of hydrogen-bond donors (Lipinski definition) is 1. The van der Waals surface area contributed by atoms with Crippen LogP contribution in [0.1, 0.15) is 36.2 Å². The number of carbonyl (C=O) groups excluding carboxylic acids is 2. The Balaban J connectivity index is 1.79. The van der Waals surface area contributed by atoms with Gasteiger partial charge in [0.05, 0.1) is 27.4 Å². The number of rotatable bonds is 11. The van der Waals surface area contributed by atoms with Crippen LogP contribution in [0.25, 0.3) is 11.1 Å². The van der Waals surface area contributed by atoms with Crippen molar-refractivity contribution in [2.45, 2.75) is 26.7 Å². The average Bonchev–Trinajstić information content (AvgIpc) is 3.27. The average molecular weight is 484 g/mol. The zero-order chi connectivity index (χ0) is 24.5. The lowest BCUT2D eigenvalue weighted by molar-refractivity contribution is -0.116. The van der Waals surface area contributed by atoms with Crippen LogP contribution < -0.4 is 19.5 Å². The predicted octanol–water partition coefficient (Wildman–Crippen LogP) is 5.58. The number of thiophene rings is 1. The first-order valence-electron chi connectivity index (χ1n) is 11.0. The molecule has 1 heterocycles. The number of hydrogen-bond acceptors (Lipinski definition) is 7. The van der Waals surface area contributed by atoms with E-state index in [9.17, 15) is 9.59 Å². The number of amides is 1. The van der Waals surface area contributed by atoms with Gasteiger partial charge in [0.25, 0.3) is 0 Å². The summed E-state index contributed by atoms with van der Waals surface area (Å²) in [5, 5.41) is 5.18. The van der Waals surface area contributed by atoms with Crippen molar-refractivity contribution < 1.29 is 28.5 Å². The van der Waals surface area contributed by atoms with Gasteiger partial charge in [-0.1, -0.05) is 18.2 Å². The molecule has 1 aromatic heterocycles. The Morgan fingerprint density at radius 1 is 0.941 bits per heavy atom. The van der Waals surface area contributed by atoms with Crippen molar-refractivity contribution in [3.63, 3.8) is 0 Å². The molecule has 0 bridgehead atoms. The van der Waals surface area contributed by atoms with Crippen molar-refractivity contribution in [3.05, 3.63) is 59.0 Å². The number of esters is 1. The molecule has 0 saturated carbocycles. The molecule has 0 atom stereocenters. The summed E-state index contributed by atoms with van der Waals surface area (Å²) in [7, 11) is 3.12. The van der Waals surface area contributed by atoms with Gasteiger partial charge in [0, 0.05) is 17.4 Å². The van der Waals surface area contributed by atoms with E-state index in [-0.39, 0.29) is 18.9 Å². The lowest BCUT2D eigenvalue weighted by atomic mass is 10.0. The Kier molecular flexibility index (Phi) is 8.93. The van der Waals surface area contributed by atoms with Crippen molar-refractivity contribution in [2.24, 2.45) is 0 Å². The summed E-state index contributed by atoms with van der Waals surface area (Å²) in [4.78, 5) is 25.5. The van der Waals surface area contributed by atoms with E-state index in [0.717, 1.165) is 16.9 Å². The van der Waals surface area contributed by atoms with E-state index in [0.29, 0.717) is 40.7 Å². The van der Waals surface area contributed by atoms with Crippen molar-refractivity contribution in [2.75, 3.05) is 32.8 Å². The van der Waals surface area contributed by atoms with Crippen LogP contribution in [0.5, 0.6) is 17.2 Å². The Morgan fingerprint density at radius 2 is 1.68 bits per heavy atom. The van der Waals surface area contributed by atoms with E-state index in [1.807, 2.05) is 42.6 Å². The molecule has 0 radical (unpaired) electrons. The summed E-state index contributed by atoms with van der Waals surface area (Å²) in [5.74, 6) is 1.26. The number of benzene rings is 2. The molecule has 1 amide bonds. The van der Waals surface area contributed by atoms with Crippen molar-refractivity contribution in [1.29, 1.82) is 0 Å². The maximum absolute atomic E-state index is 12.8. The Labute approximate surface area is 203 Å². The van der Waals surface area contributed by atoms with Gasteiger partial charge in [-0.3, -0.25) is 4.79 Å². The van der Waals surface area contributed by atoms with Crippen molar-refractivity contribution >= 4 is 28.2 Å². The number of ether oxygens (including phenoxy) is 4. The van der Waals surface area contributed by atoms with E-state index in [4.69, 9.17) is 18.9 Å². The molecule has 34 heavy (non-hydrogen) atoms. The second-order valence-corrected chi connectivity index (χ2v) is 8.15. The van der Waals surface area contributed by atoms with Gasteiger partial charge in [0.15, 0.2) is 11.5 Å². The highest BCUT2D eigenvalue weighted by Crippen LogP contribution is 2.39. The highest BCUT2D eigenvalue weighted by Gasteiger charge is 2.23. The molecule has 0 aliphatic rings. The second-order valence-electron chi connectivity index (χ2n) is 7.27. The lowest BCUT2D eigenvalue weighted by Gasteiger charge is -2.11. The first-order chi connectivity index (χ1) is 16.5. The maximum Gasteiger partial charge on any atom is 0.341 e. The van der Waals surface area contributed by atoms with Crippen LogP contribution in [0.3, 0.4) is 0 Å². The molecule has 180 valence electrons. The monoisotopic (exact) mass is 483 g/mol. The van der Waals surface area contributed by atoms with Gasteiger partial charge in [-0.05, 0) is 55.7 Å². The molecular formula is C26H29NO6S. The minimum atomic E-state index is -0.490. The highest BCUT2D eigenvalue weighted by atomic mass is 32.1. The SMILES string of the molecule is CCOC(=O)c1c(-c2ccc(OC)c(OC)c2)csc1NC(=O)CCc1ccc(OCC)cc1. The van der Waals surface area contributed by atoms with Crippen LogP contribution in [0.2, 0.25) is 0 Å². The van der Waals surface area contributed by atoms with Gasteiger partial charge in [-0.2, -0.15) is 0 Å². The molecule has 0 aliphatic heterocycles. The Morgan fingerprint density at radius 3 is 2.32 bits per heavy atom. The van der Waals surface area contributed by atoms with Gasteiger partial charge >= 0.3 is 5.97 Å². The summed E-state index contributed by atoms with van der Waals surface area (Å²) in [6.07, 6.45) is 0.848. The third-order valence-electron chi connectivity index (χ3n) is 5.09. The molecule has 1 N–H and O–H groups in total. The third-order valence-corrected chi connectivity index (χ3v) is 5.99. The summed E-state index contributed by atoms with van der Waals surface area (Å²) >= 11 is 1.28. The Bertz CT molecular complexity index is 1120. The first-order valence-corrected chi connectivity index (χ1v) is 11.9. The van der Waals surface area contributed by atoms with Crippen LogP contribution in [-0.4, -0.2) is 39.3 Å². The van der Waals surface area contributed by atoms with Crippen LogP contribution in [0.4, 0.5) is 5.00 Å². The number of methoxy groups -OCH3 is 2. The Hall–Kier alpha value is -3.52. The van der Waals surface area contributed by atoms with E-state index >= 15 is 0 Å². The van der Waals surface area contributed by atoms with Crippen LogP contribution in [0, 0.1) is 0 Å². The molecule has 0 spiro atoms. The normalized spacial score (nSPS) is 10.5. The zero-order valence-electron chi connectivity index (χ0n) is 19.8. The molecule has 0 saturated heterocycles. The minimum absolute atomic E-state index is 0.180. The van der Waals surface area contributed by atoms with Gasteiger partial charge in [0.2, 0.25) is 5.91 Å². The van der Waals surface area contributed by atoms with Crippen molar-refractivity contribution in [1.82, 2.24) is 0 Å². The topological polar surface area (TPSA) is 83.1 Å². The lowest BCUT2D eigenvalue weighted by Crippen LogP contribution is -2.15. The van der Waals surface area contributed by atoms with E-state index < -0.39 is 5.97 Å². The highest BCUT2D eigenvalue weighted by molar-refractivity contribution is 7.15. The molecular weight excluding hydrogens is 454 g/mol. The number of anilines is 1. The smallest absolute Gasteiger partial charge is 0.341 e. The molecule has 8 heteroatoms. The number of aryl methyl sites for hydroxylation is 1. The molecule has 7 nitrogen and oxygen atoms in total. The maximum atomic E-state index is 12.8. The minimum Gasteiger partial charge on any atom is -0.494 e. The molecule has 0 unspecified atom stereocenters. The van der Waals surface area contributed by atoms with Gasteiger partial charge in [0.1, 0.15) is 16.3 Å². The van der Waals surface area contributed by atoms with E-state index in [1.165, 1.54) is 11.3 Å². The number of carbonyl (C=O) groups is 2. The van der Waals surface area contributed by atoms with Crippen LogP contribution in [-0.2, 0) is 16.0 Å². The summed E-state index contributed by atoms with van der Waals surface area (Å²) in [5.41, 5.74) is 2.77. The summed E-state index contributed by atoms with van der Waals surface area (Å²) < 4.78 is 21.4. The van der Waals surface area contributed by atoms with Crippen LogP contribution >= 0.6 is 11.3 Å². The standard InChI is InChI=1S/C26H29NO6S/c1-5-32-19-11-7-17(8-12-19)9-14-23(28)27-25-24(26(29)33-6-2)20(16-34-25)18-10-13-21(30-3)22(15-18)31-4/h7-8,10-13,15-16H,5-6,9,14H2,1-4H3,(H,27,28). The fraction of sp³-hybridized carbons (Fsp3) is 0.308. The van der Waals surface area contributed by atoms with Gasteiger partial charge in [-0.15, -0.1) is 11.3 Å². The summed E-state index contributed by atoms with van der Waals surface area (Å²) in [6.45, 7) is 4.52. The zero-order valence-corrected chi connectivity index (χ0v) is 20.6. The molecule has 0 aliphatic carbocycles. The fourth-order valence-electron chi connectivity index (χ4n) is 3.44. The van der Waals surface area contributed by atoms with E-state index in [1.54, 1.807) is 33.3 Å². The van der Waals surface area contributed by atoms with Gasteiger partial charge < -0.3 is 24.3 Å². The fourth-order valence-corrected chi connectivity index (χ4v) is 4.41. The largest absolute Gasteiger partial charge is 0.494 e. The van der Waals surface area contributed by atoms with E-state index in [2.05, 4.69) is 5.32 Å². The first kappa shape index (κ1) is 25.1. The van der Waals surface area contributed by atoms with Crippen LogP contribution in [0.15, 0.2) is 47.8 Å². The second kappa shape index (κ2) is 12.1. The molecule has 3 rings (SSSR count). The summed E-state index contributed by atoms with van der Waals surface area (Å²) in [6, 6.07) is 13.1. The molecule has 0 fully saturated rings. The van der Waals surface area contributed by atoms with Gasteiger partial charge in [-0.25, -0.2) is 4.79 Å². The predicted molar refractivity (Wildman–Crippen MR) is 133 cm³/mol. The quantitative estimate of drug-likeness (QED) is 0.359. The third kappa shape index (κ3) is 6.08. The molecule has 3 aromatic rings.